The molecule has 1 amide bonds. The van der Waals surface area contributed by atoms with E-state index in [1.807, 2.05) is 24.1 Å². The molecule has 2 aromatic rings. The summed E-state index contributed by atoms with van der Waals surface area (Å²) in [6.07, 6.45) is 5.66. The Hall–Kier alpha value is -1.69. The van der Waals surface area contributed by atoms with E-state index in [4.69, 9.17) is 4.52 Å². The largest absolute Gasteiger partial charge is 0.361 e. The maximum Gasteiger partial charge on any atom is 0.259 e. The molecular weight excluding hydrogens is 286 g/mol. The van der Waals surface area contributed by atoms with Crippen LogP contribution in [-0.2, 0) is 6.42 Å². The van der Waals surface area contributed by atoms with Gasteiger partial charge < -0.3 is 9.42 Å². The molecule has 1 atom stereocenters. The summed E-state index contributed by atoms with van der Waals surface area (Å²) in [6.45, 7) is 4.57. The van der Waals surface area contributed by atoms with Gasteiger partial charge in [0.1, 0.15) is 16.3 Å². The molecule has 0 radical (unpaired) electrons. The van der Waals surface area contributed by atoms with Crippen LogP contribution in [-0.4, -0.2) is 27.5 Å². The zero-order valence-electron chi connectivity index (χ0n) is 12.3. The van der Waals surface area contributed by atoms with E-state index in [0.717, 1.165) is 36.5 Å². The molecule has 0 spiro atoms. The first-order chi connectivity index (χ1) is 10.2. The summed E-state index contributed by atoms with van der Waals surface area (Å²) < 4.78 is 5.21. The van der Waals surface area contributed by atoms with Crippen molar-refractivity contribution in [3.8, 4) is 0 Å². The molecule has 112 valence electrons. The predicted molar refractivity (Wildman–Crippen MR) is 80.4 cm³/mol. The summed E-state index contributed by atoms with van der Waals surface area (Å²) in [7, 11) is 0. The third-order valence-electron chi connectivity index (χ3n) is 3.98. The number of likely N-dealkylation sites (tertiary alicyclic amines) is 1. The van der Waals surface area contributed by atoms with E-state index in [1.54, 1.807) is 17.5 Å². The van der Waals surface area contributed by atoms with E-state index in [-0.39, 0.29) is 11.9 Å². The molecule has 3 rings (SSSR count). The molecule has 3 heterocycles. The fourth-order valence-corrected chi connectivity index (χ4v) is 3.69. The van der Waals surface area contributed by atoms with Crippen molar-refractivity contribution in [1.29, 1.82) is 0 Å². The van der Waals surface area contributed by atoms with Gasteiger partial charge in [-0.2, -0.15) is 0 Å². The van der Waals surface area contributed by atoms with Crippen molar-refractivity contribution in [3.05, 3.63) is 33.6 Å². The van der Waals surface area contributed by atoms with Crippen LogP contribution in [0.3, 0.4) is 0 Å². The molecule has 0 aliphatic carbocycles. The fourth-order valence-electron chi connectivity index (χ4n) is 2.91. The van der Waals surface area contributed by atoms with Crippen LogP contribution >= 0.6 is 11.3 Å². The minimum atomic E-state index is 0.0329. The molecule has 2 aromatic heterocycles. The van der Waals surface area contributed by atoms with Crippen LogP contribution in [0.4, 0.5) is 0 Å². The van der Waals surface area contributed by atoms with E-state index in [2.05, 4.69) is 10.1 Å². The van der Waals surface area contributed by atoms with Crippen molar-refractivity contribution in [3.63, 3.8) is 0 Å². The van der Waals surface area contributed by atoms with Gasteiger partial charge in [0.25, 0.3) is 5.91 Å². The molecule has 21 heavy (non-hydrogen) atoms. The maximum atomic E-state index is 13.0. The number of hydrogen-bond acceptors (Lipinski definition) is 5. The number of carbonyl (C=O) groups is 1. The summed E-state index contributed by atoms with van der Waals surface area (Å²) in [5, 5.41) is 6.99. The number of thiazole rings is 1. The predicted octanol–water partition coefficient (Wildman–Crippen LogP) is 3.37. The highest BCUT2D eigenvalue weighted by atomic mass is 32.1. The highest BCUT2D eigenvalue weighted by Crippen LogP contribution is 2.34. The summed E-state index contributed by atoms with van der Waals surface area (Å²) >= 11 is 1.62. The van der Waals surface area contributed by atoms with Gasteiger partial charge in [-0.25, -0.2) is 4.98 Å². The second-order valence-electron chi connectivity index (χ2n) is 5.29. The number of hydrogen-bond donors (Lipinski definition) is 0. The van der Waals surface area contributed by atoms with Crippen LogP contribution in [0, 0.1) is 6.92 Å². The number of amides is 1. The van der Waals surface area contributed by atoms with Gasteiger partial charge in [-0.15, -0.1) is 11.3 Å². The number of rotatable bonds is 3. The zero-order chi connectivity index (χ0) is 14.8. The van der Waals surface area contributed by atoms with Crippen LogP contribution in [0.15, 0.2) is 16.1 Å². The molecule has 5 nitrogen and oxygen atoms in total. The van der Waals surface area contributed by atoms with E-state index in [1.165, 1.54) is 0 Å². The Morgan fingerprint density at radius 2 is 2.38 bits per heavy atom. The molecule has 1 unspecified atom stereocenters. The summed E-state index contributed by atoms with van der Waals surface area (Å²) in [5.41, 5.74) is 1.39. The average Bonchev–Trinajstić information content (AvgIpc) is 3.16. The molecule has 0 saturated carbocycles. The van der Waals surface area contributed by atoms with Crippen LogP contribution in [0.5, 0.6) is 0 Å². The van der Waals surface area contributed by atoms with Crippen molar-refractivity contribution in [2.45, 2.75) is 45.6 Å². The molecule has 1 aliphatic rings. The molecule has 0 aromatic carbocycles. The van der Waals surface area contributed by atoms with Crippen LogP contribution < -0.4 is 0 Å². The van der Waals surface area contributed by atoms with Gasteiger partial charge in [0.05, 0.1) is 11.7 Å². The second-order valence-corrected chi connectivity index (χ2v) is 6.22. The third kappa shape index (κ3) is 2.60. The number of carbonyl (C=O) groups excluding carboxylic acids is 1. The Balaban J connectivity index is 1.93. The first kappa shape index (κ1) is 14.3. The normalized spacial score (nSPS) is 19.0. The maximum absolute atomic E-state index is 13.0. The fraction of sp³-hybridized carbons (Fsp3) is 0.533. The smallest absolute Gasteiger partial charge is 0.259 e. The van der Waals surface area contributed by atoms with Crippen LogP contribution in [0.25, 0.3) is 0 Å². The Labute approximate surface area is 128 Å². The van der Waals surface area contributed by atoms with Crippen molar-refractivity contribution in [2.75, 3.05) is 6.54 Å². The van der Waals surface area contributed by atoms with Crippen LogP contribution in [0.1, 0.15) is 59.0 Å². The van der Waals surface area contributed by atoms with Gasteiger partial charge in [0.2, 0.25) is 0 Å². The molecule has 0 bridgehead atoms. The Kier molecular flexibility index (Phi) is 4.05. The Bertz CT molecular complexity index is 621. The second kappa shape index (κ2) is 5.97. The monoisotopic (exact) mass is 305 g/mol. The van der Waals surface area contributed by atoms with Gasteiger partial charge in [0.15, 0.2) is 0 Å². The van der Waals surface area contributed by atoms with Gasteiger partial charge in [-0.1, -0.05) is 12.1 Å². The molecule has 6 heteroatoms. The van der Waals surface area contributed by atoms with Crippen molar-refractivity contribution < 1.29 is 9.32 Å². The zero-order valence-corrected chi connectivity index (χ0v) is 13.2. The van der Waals surface area contributed by atoms with E-state index in [0.29, 0.717) is 17.7 Å². The van der Waals surface area contributed by atoms with Crippen LogP contribution in [0.2, 0.25) is 0 Å². The lowest BCUT2D eigenvalue weighted by Crippen LogP contribution is -2.39. The van der Waals surface area contributed by atoms with Gasteiger partial charge in [-0.3, -0.25) is 4.79 Å². The lowest BCUT2D eigenvalue weighted by molar-refractivity contribution is 0.0608. The number of aryl methyl sites for hydroxylation is 2. The number of nitrogens with zero attached hydrogens (tertiary/aromatic N) is 3. The average molecular weight is 305 g/mol. The summed E-state index contributed by atoms with van der Waals surface area (Å²) in [5.74, 6) is 0.644. The van der Waals surface area contributed by atoms with Crippen molar-refractivity contribution in [1.82, 2.24) is 15.0 Å². The lowest BCUT2D eigenvalue weighted by Gasteiger charge is -2.34. The van der Waals surface area contributed by atoms with E-state index < -0.39 is 0 Å². The van der Waals surface area contributed by atoms with Crippen molar-refractivity contribution in [2.24, 2.45) is 0 Å². The Morgan fingerprint density at radius 1 is 1.52 bits per heavy atom. The lowest BCUT2D eigenvalue weighted by atomic mass is 10.0. The first-order valence-corrected chi connectivity index (χ1v) is 8.25. The quantitative estimate of drug-likeness (QED) is 0.872. The molecule has 0 N–H and O–H groups in total. The standard InChI is InChI=1S/C15H19N3O2S/c1-3-11-13(10(2)20-17-11)15(19)18-8-5-4-6-12(18)14-16-7-9-21-14/h7,9,12H,3-6,8H2,1-2H3. The first-order valence-electron chi connectivity index (χ1n) is 7.38. The minimum Gasteiger partial charge on any atom is -0.361 e. The van der Waals surface area contributed by atoms with Gasteiger partial charge in [-0.05, 0) is 32.6 Å². The highest BCUT2D eigenvalue weighted by molar-refractivity contribution is 7.09. The van der Waals surface area contributed by atoms with E-state index in [9.17, 15) is 4.79 Å². The molecule has 1 aliphatic heterocycles. The van der Waals surface area contributed by atoms with Crippen molar-refractivity contribution >= 4 is 17.2 Å². The molecule has 1 saturated heterocycles. The highest BCUT2D eigenvalue weighted by Gasteiger charge is 2.33. The molecular formula is C15H19N3O2S. The van der Waals surface area contributed by atoms with Gasteiger partial charge >= 0.3 is 0 Å². The summed E-state index contributed by atoms with van der Waals surface area (Å²) in [6, 6.07) is 0.0882. The third-order valence-corrected chi connectivity index (χ3v) is 4.86. The van der Waals surface area contributed by atoms with Gasteiger partial charge in [0, 0.05) is 18.1 Å². The summed E-state index contributed by atoms with van der Waals surface area (Å²) in [4.78, 5) is 19.3. The SMILES string of the molecule is CCc1noc(C)c1C(=O)N1CCCCC1c1nccs1. The number of piperidine rings is 1. The minimum absolute atomic E-state index is 0.0329. The molecule has 1 fully saturated rings. The number of aromatic nitrogens is 2. The Morgan fingerprint density at radius 3 is 3.10 bits per heavy atom. The van der Waals surface area contributed by atoms with E-state index >= 15 is 0 Å². The topological polar surface area (TPSA) is 59.2 Å².